The highest BCUT2D eigenvalue weighted by Gasteiger charge is 2.29. The summed E-state index contributed by atoms with van der Waals surface area (Å²) in [6.07, 6.45) is 0.730. The Balaban J connectivity index is 1.86. The Morgan fingerprint density at radius 1 is 0.906 bits per heavy atom. The van der Waals surface area contributed by atoms with Crippen LogP contribution in [0.25, 0.3) is 0 Å². The van der Waals surface area contributed by atoms with E-state index >= 15 is 0 Å². The third-order valence-corrected chi connectivity index (χ3v) is 5.82. The number of carbonyl (C=O) groups is 2. The van der Waals surface area contributed by atoms with E-state index in [-0.39, 0.29) is 18.4 Å². The Morgan fingerprint density at radius 3 is 2.12 bits per heavy atom. The minimum absolute atomic E-state index is 0.0746. The van der Waals surface area contributed by atoms with Gasteiger partial charge in [0, 0.05) is 36.0 Å². The summed E-state index contributed by atoms with van der Waals surface area (Å²) >= 11 is 12.2. The predicted molar refractivity (Wildman–Crippen MR) is 130 cm³/mol. The maximum atomic E-state index is 13.4. The monoisotopic (exact) mass is 468 g/mol. The van der Waals surface area contributed by atoms with Crippen LogP contribution < -0.4 is 5.32 Å². The van der Waals surface area contributed by atoms with Crippen LogP contribution in [0.3, 0.4) is 0 Å². The van der Waals surface area contributed by atoms with Gasteiger partial charge in [0.1, 0.15) is 6.04 Å². The number of rotatable bonds is 9. The maximum Gasteiger partial charge on any atom is 0.243 e. The van der Waals surface area contributed by atoms with Crippen molar-refractivity contribution in [2.24, 2.45) is 0 Å². The molecule has 0 bridgehead atoms. The van der Waals surface area contributed by atoms with Crippen LogP contribution in [0.1, 0.15) is 30.0 Å². The van der Waals surface area contributed by atoms with Gasteiger partial charge < -0.3 is 10.2 Å². The second-order valence-electron chi connectivity index (χ2n) is 7.52. The van der Waals surface area contributed by atoms with Crippen molar-refractivity contribution in [1.82, 2.24) is 10.2 Å². The van der Waals surface area contributed by atoms with Gasteiger partial charge in [-0.05, 0) is 28.8 Å². The van der Waals surface area contributed by atoms with Crippen molar-refractivity contribution < 1.29 is 9.59 Å². The molecule has 2 amide bonds. The molecule has 0 aliphatic heterocycles. The fraction of sp³-hybridized carbons (Fsp3) is 0.231. The molecule has 0 heterocycles. The molecule has 1 atom stereocenters. The number of carbonyl (C=O) groups excluding carboxylic acids is 2. The van der Waals surface area contributed by atoms with Gasteiger partial charge in [0.15, 0.2) is 0 Å². The number of hydrogen-bond acceptors (Lipinski definition) is 2. The van der Waals surface area contributed by atoms with E-state index in [9.17, 15) is 9.59 Å². The van der Waals surface area contributed by atoms with Gasteiger partial charge >= 0.3 is 0 Å². The van der Waals surface area contributed by atoms with E-state index in [0.717, 1.165) is 16.7 Å². The van der Waals surface area contributed by atoms with Crippen molar-refractivity contribution >= 4 is 35.0 Å². The van der Waals surface area contributed by atoms with Crippen molar-refractivity contribution in [3.63, 3.8) is 0 Å². The van der Waals surface area contributed by atoms with E-state index in [1.807, 2.05) is 67.6 Å². The Kier molecular flexibility index (Phi) is 8.72. The first kappa shape index (κ1) is 23.8. The summed E-state index contributed by atoms with van der Waals surface area (Å²) in [5, 5.41) is 3.99. The minimum atomic E-state index is -0.656. The second-order valence-corrected chi connectivity index (χ2v) is 8.36. The molecule has 0 fully saturated rings. The summed E-state index contributed by atoms with van der Waals surface area (Å²) in [4.78, 5) is 28.0. The molecule has 0 saturated heterocycles. The van der Waals surface area contributed by atoms with Gasteiger partial charge in [0.25, 0.3) is 0 Å². The first-order chi connectivity index (χ1) is 15.5. The van der Waals surface area contributed by atoms with E-state index in [1.165, 1.54) is 0 Å². The largest absolute Gasteiger partial charge is 0.350 e. The van der Waals surface area contributed by atoms with Crippen LogP contribution in [-0.4, -0.2) is 22.8 Å². The van der Waals surface area contributed by atoms with Crippen LogP contribution in [0.2, 0.25) is 10.0 Å². The van der Waals surface area contributed by atoms with Gasteiger partial charge in [-0.15, -0.1) is 0 Å². The molecular formula is C26H26Cl2N2O2. The minimum Gasteiger partial charge on any atom is -0.350 e. The smallest absolute Gasteiger partial charge is 0.243 e. The zero-order chi connectivity index (χ0) is 22.9. The van der Waals surface area contributed by atoms with Gasteiger partial charge in [-0.25, -0.2) is 0 Å². The van der Waals surface area contributed by atoms with Gasteiger partial charge in [0.05, 0.1) is 0 Å². The summed E-state index contributed by atoms with van der Waals surface area (Å²) in [6.45, 7) is 2.42. The number of nitrogens with one attached hydrogen (secondary N) is 1. The Morgan fingerprint density at radius 2 is 1.53 bits per heavy atom. The molecule has 3 aromatic rings. The third-order valence-electron chi connectivity index (χ3n) is 5.24. The summed E-state index contributed by atoms with van der Waals surface area (Å²) in [5.74, 6) is -0.299. The molecule has 32 heavy (non-hydrogen) atoms. The van der Waals surface area contributed by atoms with Crippen molar-refractivity contribution in [2.45, 2.75) is 38.9 Å². The molecule has 3 rings (SSSR count). The van der Waals surface area contributed by atoms with Crippen LogP contribution in [0, 0.1) is 0 Å². The standard InChI is InChI=1S/C26H26Cl2N2O2/c1-2-25(31)30(18-20-11-7-4-8-12-20)24(15-19-9-5-3-6-10-19)26(32)29-17-21-13-14-22(27)16-23(21)28/h3-14,16,24H,2,15,17-18H2,1H3,(H,29,32)/t24-/m0/s1. The van der Waals surface area contributed by atoms with Gasteiger partial charge in [-0.3, -0.25) is 9.59 Å². The normalized spacial score (nSPS) is 11.6. The highest BCUT2D eigenvalue weighted by Crippen LogP contribution is 2.21. The molecule has 0 spiro atoms. The second kappa shape index (κ2) is 11.7. The zero-order valence-corrected chi connectivity index (χ0v) is 19.4. The molecule has 0 aliphatic rings. The maximum absolute atomic E-state index is 13.4. The number of nitrogens with zero attached hydrogens (tertiary/aromatic N) is 1. The molecule has 6 heteroatoms. The molecular weight excluding hydrogens is 443 g/mol. The molecule has 166 valence electrons. The molecule has 4 nitrogen and oxygen atoms in total. The molecule has 1 N–H and O–H groups in total. The molecule has 0 saturated carbocycles. The first-order valence-electron chi connectivity index (χ1n) is 10.6. The lowest BCUT2D eigenvalue weighted by Crippen LogP contribution is -2.50. The fourth-order valence-electron chi connectivity index (χ4n) is 3.50. The van der Waals surface area contributed by atoms with E-state index in [0.29, 0.717) is 29.4 Å². The van der Waals surface area contributed by atoms with E-state index in [4.69, 9.17) is 23.2 Å². The van der Waals surface area contributed by atoms with Gasteiger partial charge in [0.2, 0.25) is 11.8 Å². The van der Waals surface area contributed by atoms with E-state index in [1.54, 1.807) is 23.1 Å². The zero-order valence-electron chi connectivity index (χ0n) is 17.9. The first-order valence-corrected chi connectivity index (χ1v) is 11.3. The van der Waals surface area contributed by atoms with Crippen LogP contribution >= 0.6 is 23.2 Å². The number of halogens is 2. The number of benzene rings is 3. The van der Waals surface area contributed by atoms with E-state index < -0.39 is 6.04 Å². The molecule has 0 aliphatic carbocycles. The van der Waals surface area contributed by atoms with E-state index in [2.05, 4.69) is 5.32 Å². The van der Waals surface area contributed by atoms with Crippen LogP contribution in [0.15, 0.2) is 78.9 Å². The summed E-state index contributed by atoms with van der Waals surface area (Å²) in [5.41, 5.74) is 2.72. The summed E-state index contributed by atoms with van der Waals surface area (Å²) in [6, 6.07) is 23.9. The summed E-state index contributed by atoms with van der Waals surface area (Å²) < 4.78 is 0. The quantitative estimate of drug-likeness (QED) is 0.440. The summed E-state index contributed by atoms with van der Waals surface area (Å²) in [7, 11) is 0. The predicted octanol–water partition coefficient (Wildman–Crippen LogP) is 5.66. The lowest BCUT2D eigenvalue weighted by atomic mass is 10.0. The molecule has 0 aromatic heterocycles. The fourth-order valence-corrected chi connectivity index (χ4v) is 3.98. The lowest BCUT2D eigenvalue weighted by Gasteiger charge is -2.31. The number of hydrogen-bond donors (Lipinski definition) is 1. The topological polar surface area (TPSA) is 49.4 Å². The van der Waals surface area contributed by atoms with Crippen LogP contribution in [0.4, 0.5) is 0 Å². The Bertz CT molecular complexity index is 1040. The highest BCUT2D eigenvalue weighted by molar-refractivity contribution is 6.35. The molecule has 0 unspecified atom stereocenters. The SMILES string of the molecule is CCC(=O)N(Cc1ccccc1)[C@@H](Cc1ccccc1)C(=O)NCc1ccc(Cl)cc1Cl. The number of amides is 2. The lowest BCUT2D eigenvalue weighted by molar-refractivity contribution is -0.141. The van der Waals surface area contributed by atoms with Crippen molar-refractivity contribution in [1.29, 1.82) is 0 Å². The molecule has 0 radical (unpaired) electrons. The van der Waals surface area contributed by atoms with Gasteiger partial charge in [-0.2, -0.15) is 0 Å². The van der Waals surface area contributed by atoms with Gasteiger partial charge in [-0.1, -0.05) is 96.9 Å². The highest BCUT2D eigenvalue weighted by atomic mass is 35.5. The van der Waals surface area contributed by atoms with Crippen LogP contribution in [-0.2, 0) is 29.1 Å². The van der Waals surface area contributed by atoms with Crippen molar-refractivity contribution in [3.8, 4) is 0 Å². The average molecular weight is 469 g/mol. The van der Waals surface area contributed by atoms with Crippen molar-refractivity contribution in [3.05, 3.63) is 106 Å². The average Bonchev–Trinajstić information content (AvgIpc) is 2.81. The van der Waals surface area contributed by atoms with Crippen molar-refractivity contribution in [2.75, 3.05) is 0 Å². The Labute approximate surface area is 199 Å². The molecule has 3 aromatic carbocycles. The third kappa shape index (κ3) is 6.59. The van der Waals surface area contributed by atoms with Crippen LogP contribution in [0.5, 0.6) is 0 Å². The Hall–Kier alpha value is -2.82.